The largest absolute Gasteiger partial charge is 0.380 e. The summed E-state index contributed by atoms with van der Waals surface area (Å²) >= 11 is 0. The van der Waals surface area contributed by atoms with Gasteiger partial charge in [-0.05, 0) is 29.9 Å². The molecule has 1 nitrogen and oxygen atoms in total. The Bertz CT molecular complexity index is 522. The van der Waals surface area contributed by atoms with Gasteiger partial charge >= 0.3 is 0 Å². The van der Waals surface area contributed by atoms with E-state index in [4.69, 9.17) is 0 Å². The van der Waals surface area contributed by atoms with E-state index >= 15 is 0 Å². The molecule has 0 aromatic heterocycles. The van der Waals surface area contributed by atoms with Crippen molar-refractivity contribution >= 4 is 0 Å². The highest BCUT2D eigenvalue weighted by molar-refractivity contribution is 5.36. The molecule has 0 aliphatic rings. The maximum absolute atomic E-state index is 11.8. The number of rotatable bonds is 10. The van der Waals surface area contributed by atoms with E-state index in [1.165, 1.54) is 32.1 Å². The lowest BCUT2D eigenvalue weighted by molar-refractivity contribution is 0.00901. The number of aliphatic hydroxyl groups is 1. The summed E-state index contributed by atoms with van der Waals surface area (Å²) in [5, 5.41) is 11.8. The zero-order valence-corrected chi connectivity index (χ0v) is 15.2. The zero-order chi connectivity index (χ0) is 17.3. The molecule has 2 aromatic rings. The lowest BCUT2D eigenvalue weighted by Crippen LogP contribution is -2.36. The van der Waals surface area contributed by atoms with Crippen LogP contribution < -0.4 is 0 Å². The fourth-order valence-electron chi connectivity index (χ4n) is 3.73. The van der Waals surface area contributed by atoms with Gasteiger partial charge in [0, 0.05) is 0 Å². The van der Waals surface area contributed by atoms with Crippen molar-refractivity contribution in [3.63, 3.8) is 0 Å². The maximum Gasteiger partial charge on any atom is 0.117 e. The van der Waals surface area contributed by atoms with E-state index < -0.39 is 5.60 Å². The molecule has 0 saturated carbocycles. The van der Waals surface area contributed by atoms with E-state index in [1.54, 1.807) is 0 Å². The van der Waals surface area contributed by atoms with Gasteiger partial charge in [0.25, 0.3) is 0 Å². The third kappa shape index (κ3) is 4.48. The minimum Gasteiger partial charge on any atom is -0.380 e. The Hall–Kier alpha value is -1.60. The van der Waals surface area contributed by atoms with Crippen LogP contribution in [0.15, 0.2) is 60.7 Å². The SMILES string of the molecule is CCCCCCCC(CC)C(O)(c1ccccc1)c1ccccc1. The average molecular weight is 325 g/mol. The molecule has 2 aromatic carbocycles. The van der Waals surface area contributed by atoms with E-state index in [-0.39, 0.29) is 5.92 Å². The lowest BCUT2D eigenvalue weighted by Gasteiger charge is -2.37. The summed E-state index contributed by atoms with van der Waals surface area (Å²) in [7, 11) is 0. The molecular weight excluding hydrogens is 292 g/mol. The first-order valence-electron chi connectivity index (χ1n) is 9.56. The Kier molecular flexibility index (Phi) is 7.52. The minimum atomic E-state index is -0.901. The molecule has 0 radical (unpaired) electrons. The van der Waals surface area contributed by atoms with Crippen molar-refractivity contribution in [2.45, 2.75) is 64.4 Å². The van der Waals surface area contributed by atoms with Crippen molar-refractivity contribution in [3.8, 4) is 0 Å². The fraction of sp³-hybridized carbons (Fsp3) is 0.478. The predicted octanol–water partition coefficient (Wildman–Crippen LogP) is 6.31. The molecule has 1 unspecified atom stereocenters. The van der Waals surface area contributed by atoms with Crippen molar-refractivity contribution in [1.82, 2.24) is 0 Å². The Morgan fingerprint density at radius 2 is 1.25 bits per heavy atom. The smallest absolute Gasteiger partial charge is 0.117 e. The monoisotopic (exact) mass is 324 g/mol. The molecule has 24 heavy (non-hydrogen) atoms. The Balaban J connectivity index is 2.24. The molecule has 0 aliphatic carbocycles. The molecule has 0 bridgehead atoms. The van der Waals surface area contributed by atoms with E-state index in [0.717, 1.165) is 24.0 Å². The summed E-state index contributed by atoms with van der Waals surface area (Å²) in [6, 6.07) is 20.4. The molecule has 0 spiro atoms. The molecule has 1 heteroatoms. The van der Waals surface area contributed by atoms with Gasteiger partial charge in [0.2, 0.25) is 0 Å². The summed E-state index contributed by atoms with van der Waals surface area (Å²) in [5.41, 5.74) is 1.12. The van der Waals surface area contributed by atoms with Crippen LogP contribution in [0.3, 0.4) is 0 Å². The first-order chi connectivity index (χ1) is 11.7. The van der Waals surface area contributed by atoms with Crippen LogP contribution in [0, 0.1) is 5.92 Å². The van der Waals surface area contributed by atoms with Gasteiger partial charge in [0.1, 0.15) is 5.60 Å². The Labute approximate surface area is 147 Å². The van der Waals surface area contributed by atoms with Crippen LogP contribution in [0.4, 0.5) is 0 Å². The molecular formula is C23H32O. The van der Waals surface area contributed by atoms with Gasteiger partial charge in [-0.3, -0.25) is 0 Å². The molecule has 130 valence electrons. The minimum absolute atomic E-state index is 0.240. The van der Waals surface area contributed by atoms with Crippen LogP contribution in [0.5, 0.6) is 0 Å². The Morgan fingerprint density at radius 1 is 0.750 bits per heavy atom. The normalized spacial score (nSPS) is 13.0. The van der Waals surface area contributed by atoms with Crippen molar-refractivity contribution in [1.29, 1.82) is 0 Å². The van der Waals surface area contributed by atoms with Crippen molar-refractivity contribution in [2.24, 2.45) is 5.92 Å². The van der Waals surface area contributed by atoms with E-state index in [1.807, 2.05) is 36.4 Å². The van der Waals surface area contributed by atoms with Crippen molar-refractivity contribution < 1.29 is 5.11 Å². The summed E-state index contributed by atoms with van der Waals surface area (Å²) < 4.78 is 0. The molecule has 2 rings (SSSR count). The molecule has 1 atom stereocenters. The lowest BCUT2D eigenvalue weighted by atomic mass is 9.73. The topological polar surface area (TPSA) is 20.2 Å². The van der Waals surface area contributed by atoms with Gasteiger partial charge in [-0.25, -0.2) is 0 Å². The summed E-state index contributed by atoms with van der Waals surface area (Å²) in [4.78, 5) is 0. The summed E-state index contributed by atoms with van der Waals surface area (Å²) in [5.74, 6) is 0.240. The van der Waals surface area contributed by atoms with Gasteiger partial charge < -0.3 is 5.11 Å². The molecule has 0 heterocycles. The quantitative estimate of drug-likeness (QED) is 0.508. The van der Waals surface area contributed by atoms with Crippen molar-refractivity contribution in [2.75, 3.05) is 0 Å². The molecule has 0 fully saturated rings. The molecule has 0 amide bonds. The number of benzene rings is 2. The van der Waals surface area contributed by atoms with Crippen LogP contribution in [-0.4, -0.2) is 5.11 Å². The van der Waals surface area contributed by atoms with E-state index in [2.05, 4.69) is 38.1 Å². The Morgan fingerprint density at radius 3 is 1.71 bits per heavy atom. The highest BCUT2D eigenvalue weighted by Gasteiger charge is 2.38. The van der Waals surface area contributed by atoms with E-state index in [9.17, 15) is 5.11 Å². The van der Waals surface area contributed by atoms with Gasteiger partial charge in [0.15, 0.2) is 0 Å². The predicted molar refractivity (Wildman–Crippen MR) is 103 cm³/mol. The summed E-state index contributed by atoms with van der Waals surface area (Å²) in [6.07, 6.45) is 8.41. The standard InChI is InChI=1S/C23H32O/c1-3-5-6-7-10-15-20(4-2)23(24,21-16-11-8-12-17-21)22-18-13-9-14-19-22/h8-9,11-14,16-20,24H,3-7,10,15H2,1-2H3. The van der Waals surface area contributed by atoms with Crippen LogP contribution in [-0.2, 0) is 5.60 Å². The first-order valence-corrected chi connectivity index (χ1v) is 9.56. The molecule has 1 N–H and O–H groups in total. The molecule has 0 saturated heterocycles. The van der Waals surface area contributed by atoms with Crippen LogP contribution in [0.2, 0.25) is 0 Å². The van der Waals surface area contributed by atoms with Crippen LogP contribution >= 0.6 is 0 Å². The van der Waals surface area contributed by atoms with Crippen LogP contribution in [0.1, 0.15) is 69.9 Å². The average Bonchev–Trinajstić information content (AvgIpc) is 2.65. The zero-order valence-electron chi connectivity index (χ0n) is 15.2. The second-order valence-corrected chi connectivity index (χ2v) is 6.81. The van der Waals surface area contributed by atoms with Gasteiger partial charge in [-0.1, -0.05) is 107 Å². The maximum atomic E-state index is 11.8. The highest BCUT2D eigenvalue weighted by atomic mass is 16.3. The number of unbranched alkanes of at least 4 members (excludes halogenated alkanes) is 4. The van der Waals surface area contributed by atoms with E-state index in [0.29, 0.717) is 0 Å². The third-order valence-electron chi connectivity index (χ3n) is 5.17. The van der Waals surface area contributed by atoms with Gasteiger partial charge in [0.05, 0.1) is 0 Å². The summed E-state index contributed by atoms with van der Waals surface area (Å²) in [6.45, 7) is 4.45. The highest BCUT2D eigenvalue weighted by Crippen LogP contribution is 2.41. The number of hydrogen-bond donors (Lipinski definition) is 1. The third-order valence-corrected chi connectivity index (χ3v) is 5.17. The van der Waals surface area contributed by atoms with Crippen molar-refractivity contribution in [3.05, 3.63) is 71.8 Å². The second-order valence-electron chi connectivity index (χ2n) is 6.81. The fourth-order valence-corrected chi connectivity index (χ4v) is 3.73. The van der Waals surface area contributed by atoms with Gasteiger partial charge in [-0.15, -0.1) is 0 Å². The molecule has 0 aliphatic heterocycles. The number of hydrogen-bond acceptors (Lipinski definition) is 1. The first kappa shape index (κ1) is 18.7. The second kappa shape index (κ2) is 9.64. The van der Waals surface area contributed by atoms with Crippen LogP contribution in [0.25, 0.3) is 0 Å². The van der Waals surface area contributed by atoms with Gasteiger partial charge in [-0.2, -0.15) is 0 Å².